The third-order valence-electron chi connectivity index (χ3n) is 3.64. The highest BCUT2D eigenvalue weighted by atomic mass is 32.1. The summed E-state index contributed by atoms with van der Waals surface area (Å²) in [5.41, 5.74) is 1.53. The van der Waals surface area contributed by atoms with Gasteiger partial charge in [0, 0.05) is 18.2 Å². The zero-order chi connectivity index (χ0) is 14.7. The van der Waals surface area contributed by atoms with Gasteiger partial charge in [0.05, 0.1) is 4.88 Å². The molecular formula is C16H17FN2OS. The maximum Gasteiger partial charge on any atom is 0.262 e. The molecule has 3 nitrogen and oxygen atoms in total. The lowest BCUT2D eigenvalue weighted by Crippen LogP contribution is -2.45. The number of rotatable bonds is 3. The molecular weight excluding hydrogens is 287 g/mol. The number of hydrogen-bond donors (Lipinski definition) is 2. The van der Waals surface area contributed by atoms with Gasteiger partial charge in [-0.05, 0) is 48.5 Å². The summed E-state index contributed by atoms with van der Waals surface area (Å²) in [7, 11) is 0. The van der Waals surface area contributed by atoms with E-state index in [0.717, 1.165) is 37.1 Å². The number of halogens is 1. The van der Waals surface area contributed by atoms with E-state index in [1.54, 1.807) is 6.07 Å². The van der Waals surface area contributed by atoms with Crippen molar-refractivity contribution in [3.05, 3.63) is 46.4 Å². The Labute approximate surface area is 127 Å². The molecule has 1 amide bonds. The number of carbonyl (C=O) groups is 1. The van der Waals surface area contributed by atoms with E-state index < -0.39 is 0 Å². The maximum atomic E-state index is 13.4. The molecule has 0 aliphatic carbocycles. The van der Waals surface area contributed by atoms with Crippen LogP contribution < -0.4 is 10.6 Å². The molecule has 2 aromatic rings. The number of amides is 1. The predicted octanol–water partition coefficient (Wildman–Crippen LogP) is 3.04. The molecule has 21 heavy (non-hydrogen) atoms. The molecule has 0 radical (unpaired) electrons. The summed E-state index contributed by atoms with van der Waals surface area (Å²) in [6, 6.07) is 8.39. The predicted molar refractivity (Wildman–Crippen MR) is 83.1 cm³/mol. The van der Waals surface area contributed by atoms with Crippen LogP contribution in [-0.4, -0.2) is 25.0 Å². The molecule has 1 saturated heterocycles. The van der Waals surface area contributed by atoms with E-state index in [-0.39, 0.29) is 17.8 Å². The van der Waals surface area contributed by atoms with Gasteiger partial charge in [0.1, 0.15) is 5.82 Å². The average Bonchev–Trinajstić information content (AvgIpc) is 2.98. The smallest absolute Gasteiger partial charge is 0.262 e. The number of nitrogens with one attached hydrogen (secondary N) is 2. The van der Waals surface area contributed by atoms with Gasteiger partial charge in [-0.3, -0.25) is 4.79 Å². The first kappa shape index (κ1) is 14.2. The molecule has 0 bridgehead atoms. The lowest BCUT2D eigenvalue weighted by molar-refractivity contribution is 0.0935. The summed E-state index contributed by atoms with van der Waals surface area (Å²) in [5, 5.41) is 8.21. The van der Waals surface area contributed by atoms with Crippen LogP contribution in [0, 0.1) is 5.82 Å². The first-order valence-electron chi connectivity index (χ1n) is 7.09. The Morgan fingerprint density at radius 3 is 3.05 bits per heavy atom. The lowest BCUT2D eigenvalue weighted by Gasteiger charge is -2.23. The fraction of sp³-hybridized carbons (Fsp3) is 0.312. The van der Waals surface area contributed by atoms with Gasteiger partial charge in [-0.1, -0.05) is 12.1 Å². The van der Waals surface area contributed by atoms with Crippen LogP contribution in [0.5, 0.6) is 0 Å². The number of hydrogen-bond acceptors (Lipinski definition) is 3. The van der Waals surface area contributed by atoms with E-state index in [1.165, 1.54) is 23.5 Å². The maximum absolute atomic E-state index is 13.4. The Kier molecular flexibility index (Phi) is 4.31. The SMILES string of the molecule is O=C(N[C@H]1CCCNC1)c1sccc1-c1cccc(F)c1. The largest absolute Gasteiger partial charge is 0.347 e. The van der Waals surface area contributed by atoms with Gasteiger partial charge in [0.25, 0.3) is 5.91 Å². The highest BCUT2D eigenvalue weighted by molar-refractivity contribution is 7.12. The van der Waals surface area contributed by atoms with Crippen molar-refractivity contribution in [1.29, 1.82) is 0 Å². The minimum absolute atomic E-state index is 0.0713. The molecule has 110 valence electrons. The monoisotopic (exact) mass is 304 g/mol. The fourth-order valence-electron chi connectivity index (χ4n) is 2.59. The second-order valence-corrected chi connectivity index (χ2v) is 6.11. The second-order valence-electron chi connectivity index (χ2n) is 5.19. The van der Waals surface area contributed by atoms with Crippen molar-refractivity contribution in [1.82, 2.24) is 10.6 Å². The Bertz CT molecular complexity index is 635. The van der Waals surface area contributed by atoms with Gasteiger partial charge in [-0.15, -0.1) is 11.3 Å². The molecule has 1 atom stereocenters. The number of benzene rings is 1. The molecule has 1 aliphatic rings. The molecule has 1 aromatic carbocycles. The van der Waals surface area contributed by atoms with Gasteiger partial charge in [0.2, 0.25) is 0 Å². The van der Waals surface area contributed by atoms with Crippen LogP contribution in [0.25, 0.3) is 11.1 Å². The fourth-order valence-corrected chi connectivity index (χ4v) is 3.41. The molecule has 0 saturated carbocycles. The molecule has 1 aliphatic heterocycles. The molecule has 0 spiro atoms. The van der Waals surface area contributed by atoms with Gasteiger partial charge < -0.3 is 10.6 Å². The van der Waals surface area contributed by atoms with Crippen LogP contribution in [0.1, 0.15) is 22.5 Å². The van der Waals surface area contributed by atoms with E-state index in [1.807, 2.05) is 17.5 Å². The van der Waals surface area contributed by atoms with Gasteiger partial charge in [-0.25, -0.2) is 4.39 Å². The topological polar surface area (TPSA) is 41.1 Å². The molecule has 5 heteroatoms. The highest BCUT2D eigenvalue weighted by Gasteiger charge is 2.20. The van der Waals surface area contributed by atoms with Crippen LogP contribution in [0.3, 0.4) is 0 Å². The van der Waals surface area contributed by atoms with Crippen LogP contribution >= 0.6 is 11.3 Å². The average molecular weight is 304 g/mol. The third kappa shape index (κ3) is 3.31. The minimum atomic E-state index is -0.290. The summed E-state index contributed by atoms with van der Waals surface area (Å²) in [4.78, 5) is 13.1. The first-order chi connectivity index (χ1) is 10.2. The van der Waals surface area contributed by atoms with Crippen LogP contribution in [-0.2, 0) is 0 Å². The molecule has 3 rings (SSSR count). The zero-order valence-corrected chi connectivity index (χ0v) is 12.4. The van der Waals surface area contributed by atoms with Crippen molar-refractivity contribution in [3.8, 4) is 11.1 Å². The minimum Gasteiger partial charge on any atom is -0.347 e. The van der Waals surface area contributed by atoms with Crippen molar-refractivity contribution in [3.63, 3.8) is 0 Å². The van der Waals surface area contributed by atoms with Crippen LogP contribution in [0.4, 0.5) is 4.39 Å². The standard InChI is InChI=1S/C16H17FN2OS/c17-12-4-1-3-11(9-12)14-6-8-21-15(14)16(20)19-13-5-2-7-18-10-13/h1,3-4,6,8-9,13,18H,2,5,7,10H2,(H,19,20)/t13-/m0/s1. The molecule has 1 aromatic heterocycles. The second kappa shape index (κ2) is 6.37. The third-order valence-corrected chi connectivity index (χ3v) is 4.55. The normalized spacial score (nSPS) is 18.4. The molecule has 2 N–H and O–H groups in total. The summed E-state index contributed by atoms with van der Waals surface area (Å²) in [6.45, 7) is 1.83. The number of thiophene rings is 1. The molecule has 1 fully saturated rings. The van der Waals surface area contributed by atoms with Crippen molar-refractivity contribution in [2.45, 2.75) is 18.9 Å². The van der Waals surface area contributed by atoms with E-state index >= 15 is 0 Å². The van der Waals surface area contributed by atoms with Crippen molar-refractivity contribution in [2.24, 2.45) is 0 Å². The van der Waals surface area contributed by atoms with Gasteiger partial charge >= 0.3 is 0 Å². The van der Waals surface area contributed by atoms with Crippen molar-refractivity contribution >= 4 is 17.2 Å². The highest BCUT2D eigenvalue weighted by Crippen LogP contribution is 2.28. The Morgan fingerprint density at radius 1 is 1.38 bits per heavy atom. The Morgan fingerprint density at radius 2 is 2.29 bits per heavy atom. The van der Waals surface area contributed by atoms with E-state index in [2.05, 4.69) is 10.6 Å². The van der Waals surface area contributed by atoms with Gasteiger partial charge in [-0.2, -0.15) is 0 Å². The van der Waals surface area contributed by atoms with E-state index in [9.17, 15) is 9.18 Å². The molecule has 2 heterocycles. The first-order valence-corrected chi connectivity index (χ1v) is 7.97. The van der Waals surface area contributed by atoms with Crippen LogP contribution in [0.2, 0.25) is 0 Å². The zero-order valence-electron chi connectivity index (χ0n) is 11.6. The summed E-state index contributed by atoms with van der Waals surface area (Å²) >= 11 is 1.39. The van der Waals surface area contributed by atoms with E-state index in [4.69, 9.17) is 0 Å². The number of carbonyl (C=O) groups excluding carboxylic acids is 1. The Balaban J connectivity index is 1.79. The Hall–Kier alpha value is -1.72. The van der Waals surface area contributed by atoms with E-state index in [0.29, 0.717) is 4.88 Å². The van der Waals surface area contributed by atoms with Crippen molar-refractivity contribution < 1.29 is 9.18 Å². The quantitative estimate of drug-likeness (QED) is 0.915. The molecule has 0 unspecified atom stereocenters. The lowest BCUT2D eigenvalue weighted by atomic mass is 10.1. The summed E-state index contributed by atoms with van der Waals surface area (Å²) < 4.78 is 13.4. The van der Waals surface area contributed by atoms with Gasteiger partial charge in [0.15, 0.2) is 0 Å². The summed E-state index contributed by atoms with van der Waals surface area (Å²) in [6.07, 6.45) is 2.07. The summed E-state index contributed by atoms with van der Waals surface area (Å²) in [5.74, 6) is -0.362. The van der Waals surface area contributed by atoms with Crippen LogP contribution in [0.15, 0.2) is 35.7 Å². The van der Waals surface area contributed by atoms with Crippen molar-refractivity contribution in [2.75, 3.05) is 13.1 Å². The number of piperidine rings is 1.